The first-order chi connectivity index (χ1) is 18.3. The lowest BCUT2D eigenvalue weighted by Gasteiger charge is -2.24. The van der Waals surface area contributed by atoms with Crippen molar-refractivity contribution in [3.8, 4) is 5.75 Å². The van der Waals surface area contributed by atoms with Crippen molar-refractivity contribution in [1.29, 1.82) is 0 Å². The maximum Gasteiger partial charge on any atom is 0.573 e. The van der Waals surface area contributed by atoms with E-state index in [1.165, 1.54) is 9.58 Å². The zero-order valence-corrected chi connectivity index (χ0v) is 21.6. The number of carbonyl (C=O) groups is 3. The fourth-order valence-electron chi connectivity index (χ4n) is 4.09. The second kappa shape index (κ2) is 12.2. The van der Waals surface area contributed by atoms with Crippen molar-refractivity contribution in [2.75, 3.05) is 11.9 Å². The summed E-state index contributed by atoms with van der Waals surface area (Å²) in [6.45, 7) is 5.59. The van der Waals surface area contributed by atoms with E-state index in [4.69, 9.17) is 5.73 Å². The van der Waals surface area contributed by atoms with Gasteiger partial charge in [0.25, 0.3) is 5.91 Å². The first kappa shape index (κ1) is 29.5. The molecule has 1 aliphatic rings. The summed E-state index contributed by atoms with van der Waals surface area (Å²) in [5.41, 5.74) is 5.89. The number of anilines is 1. The molecule has 14 heteroatoms. The van der Waals surface area contributed by atoms with Gasteiger partial charge < -0.3 is 26.0 Å². The predicted molar refractivity (Wildman–Crippen MR) is 134 cm³/mol. The molecule has 4 N–H and O–H groups in total. The molecule has 10 nitrogen and oxygen atoms in total. The molecule has 1 fully saturated rings. The van der Waals surface area contributed by atoms with Crippen LogP contribution in [0, 0.1) is 12.7 Å². The third-order valence-electron chi connectivity index (χ3n) is 6.34. The Morgan fingerprint density at radius 2 is 2.03 bits per heavy atom. The van der Waals surface area contributed by atoms with Crippen LogP contribution in [-0.4, -0.2) is 57.4 Å². The fourth-order valence-corrected chi connectivity index (χ4v) is 4.09. The van der Waals surface area contributed by atoms with Gasteiger partial charge in [-0.15, -0.1) is 13.2 Å². The van der Waals surface area contributed by atoms with Crippen LogP contribution in [0.15, 0.2) is 24.4 Å². The lowest BCUT2D eigenvalue weighted by molar-refractivity contribution is -0.275. The Bertz CT molecular complexity index is 1260. The molecule has 1 unspecified atom stereocenters. The summed E-state index contributed by atoms with van der Waals surface area (Å²) in [6.07, 6.45) is -0.180. The van der Waals surface area contributed by atoms with Gasteiger partial charge in [0.05, 0.1) is 5.69 Å². The van der Waals surface area contributed by atoms with Crippen LogP contribution in [0.3, 0.4) is 0 Å². The summed E-state index contributed by atoms with van der Waals surface area (Å²) in [5, 5.41) is 9.58. The highest BCUT2D eigenvalue weighted by atomic mass is 19.4. The molecule has 1 aromatic heterocycles. The average molecular weight is 555 g/mol. The molecule has 1 aromatic carbocycles. The largest absolute Gasteiger partial charge is 0.573 e. The number of nitrogens with two attached hydrogens (primary N) is 1. The van der Waals surface area contributed by atoms with Crippen molar-refractivity contribution in [1.82, 2.24) is 20.0 Å². The predicted octanol–water partition coefficient (Wildman–Crippen LogP) is 3.32. The van der Waals surface area contributed by atoms with E-state index in [0.717, 1.165) is 24.6 Å². The second-order valence-corrected chi connectivity index (χ2v) is 9.08. The number of benzene rings is 1. The summed E-state index contributed by atoms with van der Waals surface area (Å²) in [6, 6.07) is 2.16. The van der Waals surface area contributed by atoms with E-state index < -0.39 is 47.4 Å². The molecule has 3 amide bonds. The number of hydrogen-bond acceptors (Lipinski definition) is 6. The first-order valence-corrected chi connectivity index (χ1v) is 12.3. The number of rotatable bonds is 10. The average Bonchev–Trinajstić information content (AvgIpc) is 3.47. The highest BCUT2D eigenvalue weighted by Gasteiger charge is 2.36. The monoisotopic (exact) mass is 554 g/mol. The number of likely N-dealkylation sites (tertiary alicyclic amines) is 1. The van der Waals surface area contributed by atoms with Crippen molar-refractivity contribution in [3.05, 3.63) is 47.2 Å². The molecule has 0 radical (unpaired) electrons. The van der Waals surface area contributed by atoms with Gasteiger partial charge in [0.2, 0.25) is 11.8 Å². The summed E-state index contributed by atoms with van der Waals surface area (Å²) in [5.74, 6) is -4.52. The molecule has 0 bridgehead atoms. The summed E-state index contributed by atoms with van der Waals surface area (Å²) in [4.78, 5) is 39.3. The Balaban J connectivity index is 1.75. The van der Waals surface area contributed by atoms with Crippen molar-refractivity contribution in [3.63, 3.8) is 0 Å². The highest BCUT2D eigenvalue weighted by Crippen LogP contribution is 2.30. The van der Waals surface area contributed by atoms with Crippen LogP contribution in [0.1, 0.15) is 54.9 Å². The van der Waals surface area contributed by atoms with Gasteiger partial charge in [0.1, 0.15) is 12.6 Å². The zero-order valence-electron chi connectivity index (χ0n) is 21.6. The van der Waals surface area contributed by atoms with Crippen LogP contribution in [0.5, 0.6) is 5.75 Å². The van der Waals surface area contributed by atoms with Gasteiger partial charge in [0.15, 0.2) is 17.3 Å². The maximum atomic E-state index is 14.5. The third kappa shape index (κ3) is 7.27. The number of nitrogens with one attached hydrogen (secondary N) is 2. The van der Waals surface area contributed by atoms with Gasteiger partial charge in [-0.2, -0.15) is 5.10 Å². The Morgan fingerprint density at radius 1 is 1.31 bits per heavy atom. The van der Waals surface area contributed by atoms with Crippen molar-refractivity contribution >= 4 is 29.5 Å². The molecule has 39 heavy (non-hydrogen) atoms. The number of halogens is 4. The minimum Gasteiger partial charge on any atom is -0.403 e. The quantitative estimate of drug-likeness (QED) is 0.386. The summed E-state index contributed by atoms with van der Waals surface area (Å²) >= 11 is 0. The molecule has 2 atom stereocenters. The molecular weight excluding hydrogens is 524 g/mol. The second-order valence-electron chi connectivity index (χ2n) is 9.08. The molecule has 2 aromatic rings. The zero-order chi connectivity index (χ0) is 28.9. The maximum absolute atomic E-state index is 14.5. The van der Waals surface area contributed by atoms with Crippen LogP contribution in [0.4, 0.5) is 23.2 Å². The van der Waals surface area contributed by atoms with Crippen LogP contribution < -0.4 is 21.1 Å². The Kier molecular flexibility index (Phi) is 9.20. The van der Waals surface area contributed by atoms with Crippen LogP contribution in [-0.2, 0) is 16.1 Å². The minimum absolute atomic E-state index is 0.0188. The van der Waals surface area contributed by atoms with E-state index in [-0.39, 0.29) is 31.2 Å². The number of carbonyl (C=O) groups excluding carboxylic acids is 3. The molecule has 212 valence electrons. The SMILES string of the molecule is CCC(C)N/C=C\c1c(C(N)=O)nn(CC(=O)N2CCC[C@H]2C(=O)Nc2cccc(OC(F)(F)F)c2F)c1C. The third-order valence-corrected chi connectivity index (χ3v) is 6.34. The fraction of sp³-hybridized carbons (Fsp3) is 0.440. The molecular formula is C25H30F4N6O4. The van der Waals surface area contributed by atoms with Crippen LogP contribution >= 0.6 is 0 Å². The molecule has 2 heterocycles. The Labute approximate surface area is 222 Å². The minimum atomic E-state index is -5.11. The van der Waals surface area contributed by atoms with Gasteiger partial charge in [0, 0.05) is 23.8 Å². The topological polar surface area (TPSA) is 132 Å². The van der Waals surface area contributed by atoms with Crippen LogP contribution in [0.2, 0.25) is 0 Å². The number of amides is 3. The summed E-state index contributed by atoms with van der Waals surface area (Å²) < 4.78 is 57.1. The number of nitrogens with zero attached hydrogens (tertiary/aromatic N) is 3. The van der Waals surface area contributed by atoms with Crippen LogP contribution in [0.25, 0.3) is 6.08 Å². The van der Waals surface area contributed by atoms with Crippen molar-refractivity contribution in [2.24, 2.45) is 5.73 Å². The van der Waals surface area contributed by atoms with Gasteiger partial charge in [-0.25, -0.2) is 4.39 Å². The Hall–Kier alpha value is -4.10. The molecule has 3 rings (SSSR count). The van der Waals surface area contributed by atoms with E-state index in [0.29, 0.717) is 17.7 Å². The number of hydrogen-bond donors (Lipinski definition) is 3. The highest BCUT2D eigenvalue weighted by molar-refractivity contribution is 5.98. The van der Waals surface area contributed by atoms with Crippen molar-refractivity contribution < 1.29 is 36.7 Å². The smallest absolute Gasteiger partial charge is 0.403 e. The van der Waals surface area contributed by atoms with E-state index in [1.54, 1.807) is 19.2 Å². The van der Waals surface area contributed by atoms with E-state index in [2.05, 4.69) is 20.5 Å². The number of aromatic nitrogens is 2. The van der Waals surface area contributed by atoms with Gasteiger partial charge in [-0.05, 0) is 57.5 Å². The van der Waals surface area contributed by atoms with E-state index in [9.17, 15) is 31.9 Å². The lowest BCUT2D eigenvalue weighted by Crippen LogP contribution is -2.44. The van der Waals surface area contributed by atoms with E-state index >= 15 is 0 Å². The van der Waals surface area contributed by atoms with E-state index in [1.807, 2.05) is 13.8 Å². The first-order valence-electron chi connectivity index (χ1n) is 12.3. The summed E-state index contributed by atoms with van der Waals surface area (Å²) in [7, 11) is 0. The standard InChI is InChI=1S/C25H30F4N6O4/c1-4-14(2)31-11-10-16-15(3)35(33-22(16)23(30)37)13-20(36)34-12-6-8-18(34)24(38)32-17-7-5-9-19(21(17)26)39-25(27,28)29/h5,7,9-11,14,18,31H,4,6,8,12-13H2,1-3H3,(H2,30,37)(H,32,38)/b11-10-/t14?,18-/m0/s1. The van der Waals surface area contributed by atoms with Gasteiger partial charge in [-0.1, -0.05) is 13.0 Å². The molecule has 0 saturated carbocycles. The van der Waals surface area contributed by atoms with Crippen molar-refractivity contribution in [2.45, 2.75) is 65.0 Å². The molecule has 1 aliphatic heterocycles. The number of ether oxygens (including phenoxy) is 1. The molecule has 0 aliphatic carbocycles. The lowest BCUT2D eigenvalue weighted by atomic mass is 10.1. The normalized spacial score (nSPS) is 16.4. The Morgan fingerprint density at radius 3 is 2.67 bits per heavy atom. The number of primary amides is 1. The molecule has 0 spiro atoms. The van der Waals surface area contributed by atoms with Gasteiger partial charge in [-0.3, -0.25) is 19.1 Å². The van der Waals surface area contributed by atoms with Gasteiger partial charge >= 0.3 is 6.36 Å². The number of alkyl halides is 3. The molecule has 1 saturated heterocycles.